The molecule has 0 aromatic heterocycles. The first-order chi connectivity index (χ1) is 16.4. The highest BCUT2D eigenvalue weighted by molar-refractivity contribution is 6.32. The second kappa shape index (κ2) is 10.4. The van der Waals surface area contributed by atoms with Gasteiger partial charge in [-0.2, -0.15) is 0 Å². The van der Waals surface area contributed by atoms with Crippen LogP contribution >= 0.6 is 11.6 Å². The highest BCUT2D eigenvalue weighted by atomic mass is 35.5. The van der Waals surface area contributed by atoms with Crippen molar-refractivity contribution in [1.82, 2.24) is 10.2 Å². The molecule has 1 saturated heterocycles. The summed E-state index contributed by atoms with van der Waals surface area (Å²) in [6, 6.07) is 18.0. The number of halogens is 2. The highest BCUT2D eigenvalue weighted by Crippen LogP contribution is 2.38. The summed E-state index contributed by atoms with van der Waals surface area (Å²) in [4.78, 5) is 26.4. The van der Waals surface area contributed by atoms with Crippen molar-refractivity contribution < 1.29 is 23.5 Å². The SMILES string of the molecule is CCOc1cc(/C=C2/NC(=O)N(Cc3ccccc3)C2=O)cc(Cl)c1OCc1ccc(F)cc1. The maximum absolute atomic E-state index is 13.1. The van der Waals surface area contributed by atoms with E-state index in [1.165, 1.54) is 12.1 Å². The minimum Gasteiger partial charge on any atom is -0.490 e. The number of benzene rings is 3. The van der Waals surface area contributed by atoms with Crippen molar-refractivity contribution in [2.24, 2.45) is 0 Å². The Morgan fingerprint density at radius 3 is 2.44 bits per heavy atom. The molecular formula is C26H22ClFN2O4. The van der Waals surface area contributed by atoms with E-state index in [-0.39, 0.29) is 29.7 Å². The van der Waals surface area contributed by atoms with Crippen molar-refractivity contribution in [2.45, 2.75) is 20.1 Å². The second-order valence-corrected chi connectivity index (χ2v) is 7.95. The maximum Gasteiger partial charge on any atom is 0.329 e. The van der Waals surface area contributed by atoms with Gasteiger partial charge in [-0.15, -0.1) is 0 Å². The number of nitrogens with zero attached hydrogens (tertiary/aromatic N) is 1. The van der Waals surface area contributed by atoms with Crippen LogP contribution in [-0.4, -0.2) is 23.4 Å². The molecule has 34 heavy (non-hydrogen) atoms. The van der Waals surface area contributed by atoms with E-state index in [9.17, 15) is 14.0 Å². The zero-order chi connectivity index (χ0) is 24.1. The number of hydrogen-bond acceptors (Lipinski definition) is 4. The van der Waals surface area contributed by atoms with E-state index >= 15 is 0 Å². The molecule has 1 aliphatic rings. The van der Waals surface area contributed by atoms with Gasteiger partial charge in [0.15, 0.2) is 11.5 Å². The van der Waals surface area contributed by atoms with Crippen LogP contribution in [0.4, 0.5) is 9.18 Å². The van der Waals surface area contributed by atoms with Crippen molar-refractivity contribution in [2.75, 3.05) is 6.61 Å². The van der Waals surface area contributed by atoms with E-state index in [1.807, 2.05) is 37.3 Å². The number of imide groups is 1. The summed E-state index contributed by atoms with van der Waals surface area (Å²) in [5.41, 5.74) is 2.31. The van der Waals surface area contributed by atoms with Crippen molar-refractivity contribution in [3.05, 3.63) is 100.0 Å². The topological polar surface area (TPSA) is 67.9 Å². The molecule has 8 heteroatoms. The van der Waals surface area contributed by atoms with Crippen molar-refractivity contribution in [3.8, 4) is 11.5 Å². The van der Waals surface area contributed by atoms with Crippen molar-refractivity contribution in [3.63, 3.8) is 0 Å². The first kappa shape index (κ1) is 23.3. The molecule has 0 unspecified atom stereocenters. The van der Waals surface area contributed by atoms with Gasteiger partial charge >= 0.3 is 6.03 Å². The third-order valence-corrected chi connectivity index (χ3v) is 5.37. The largest absolute Gasteiger partial charge is 0.490 e. The van der Waals surface area contributed by atoms with Gasteiger partial charge in [-0.3, -0.25) is 9.69 Å². The van der Waals surface area contributed by atoms with Gasteiger partial charge in [0, 0.05) is 0 Å². The minimum absolute atomic E-state index is 0.138. The summed E-state index contributed by atoms with van der Waals surface area (Å²) in [6.07, 6.45) is 1.55. The Bertz CT molecular complexity index is 1230. The van der Waals surface area contributed by atoms with Crippen LogP contribution in [0.5, 0.6) is 11.5 Å². The van der Waals surface area contributed by atoms with Gasteiger partial charge in [0.05, 0.1) is 18.2 Å². The standard InChI is InChI=1S/C26H22ClFN2O4/c1-2-33-23-14-19(12-21(27)24(23)34-16-18-8-10-20(28)11-9-18)13-22-25(31)30(26(32)29-22)15-17-6-4-3-5-7-17/h3-14H,2,15-16H2,1H3,(H,29,32)/b22-13+. The van der Waals surface area contributed by atoms with Gasteiger partial charge in [-0.25, -0.2) is 9.18 Å². The van der Waals surface area contributed by atoms with E-state index in [0.717, 1.165) is 16.0 Å². The number of amides is 3. The van der Waals surface area contributed by atoms with Crippen molar-refractivity contribution >= 4 is 29.6 Å². The molecule has 0 saturated carbocycles. The molecule has 4 rings (SSSR count). The third kappa shape index (κ3) is 5.38. The zero-order valence-electron chi connectivity index (χ0n) is 18.4. The van der Waals surface area contributed by atoms with Gasteiger partial charge in [-0.05, 0) is 54.0 Å². The number of hydrogen-bond donors (Lipinski definition) is 1. The number of ether oxygens (including phenoxy) is 2. The lowest BCUT2D eigenvalue weighted by Gasteiger charge is -2.15. The van der Waals surface area contributed by atoms with Gasteiger partial charge in [-0.1, -0.05) is 54.1 Å². The predicted octanol–water partition coefficient (Wildman–Crippen LogP) is 5.55. The van der Waals surface area contributed by atoms with Crippen LogP contribution < -0.4 is 14.8 Å². The Labute approximate surface area is 201 Å². The monoisotopic (exact) mass is 480 g/mol. The first-order valence-electron chi connectivity index (χ1n) is 10.7. The molecule has 3 amide bonds. The van der Waals surface area contributed by atoms with Gasteiger partial charge < -0.3 is 14.8 Å². The quantitative estimate of drug-likeness (QED) is 0.339. The average Bonchev–Trinajstić information content (AvgIpc) is 3.08. The van der Waals surface area contributed by atoms with E-state index in [0.29, 0.717) is 23.7 Å². The Balaban J connectivity index is 1.55. The molecule has 1 heterocycles. The maximum atomic E-state index is 13.1. The molecule has 0 radical (unpaired) electrons. The Kier molecular flexibility index (Phi) is 7.13. The molecule has 6 nitrogen and oxygen atoms in total. The van der Waals surface area contributed by atoms with E-state index < -0.39 is 11.9 Å². The smallest absolute Gasteiger partial charge is 0.329 e. The molecule has 174 valence electrons. The fraction of sp³-hybridized carbons (Fsp3) is 0.154. The fourth-order valence-corrected chi connectivity index (χ4v) is 3.73. The Morgan fingerprint density at radius 1 is 1.00 bits per heavy atom. The average molecular weight is 481 g/mol. The van der Waals surface area contributed by atoms with Crippen LogP contribution in [0.25, 0.3) is 6.08 Å². The Morgan fingerprint density at radius 2 is 1.74 bits per heavy atom. The molecule has 3 aromatic rings. The van der Waals surface area contributed by atoms with E-state index in [1.54, 1.807) is 30.3 Å². The summed E-state index contributed by atoms with van der Waals surface area (Å²) in [5.74, 6) is -0.0333. The van der Waals surface area contributed by atoms with Gasteiger partial charge in [0.1, 0.15) is 18.1 Å². The lowest BCUT2D eigenvalue weighted by Crippen LogP contribution is -2.30. The first-order valence-corrected chi connectivity index (χ1v) is 11.0. The second-order valence-electron chi connectivity index (χ2n) is 7.54. The van der Waals surface area contributed by atoms with Crippen LogP contribution in [0.3, 0.4) is 0 Å². The molecule has 1 N–H and O–H groups in total. The third-order valence-electron chi connectivity index (χ3n) is 5.08. The van der Waals surface area contributed by atoms with Gasteiger partial charge in [0.2, 0.25) is 0 Å². The molecule has 1 aliphatic heterocycles. The zero-order valence-corrected chi connectivity index (χ0v) is 19.1. The van der Waals surface area contributed by atoms with E-state index in [2.05, 4.69) is 5.32 Å². The molecular weight excluding hydrogens is 459 g/mol. The van der Waals surface area contributed by atoms with Crippen LogP contribution in [0.2, 0.25) is 5.02 Å². The van der Waals surface area contributed by atoms with Crippen LogP contribution in [0.1, 0.15) is 23.6 Å². The summed E-state index contributed by atoms with van der Waals surface area (Å²) < 4.78 is 24.7. The lowest BCUT2D eigenvalue weighted by molar-refractivity contribution is -0.123. The Hall–Kier alpha value is -3.84. The normalized spacial score (nSPS) is 14.4. The molecule has 0 atom stereocenters. The molecule has 0 aliphatic carbocycles. The van der Waals surface area contributed by atoms with Crippen LogP contribution in [0, 0.1) is 5.82 Å². The van der Waals surface area contributed by atoms with Crippen LogP contribution in [-0.2, 0) is 17.9 Å². The molecule has 0 bridgehead atoms. The number of rotatable bonds is 8. The molecule has 0 spiro atoms. The van der Waals surface area contributed by atoms with Crippen LogP contribution in [0.15, 0.2) is 72.4 Å². The highest BCUT2D eigenvalue weighted by Gasteiger charge is 2.33. The van der Waals surface area contributed by atoms with Crippen molar-refractivity contribution in [1.29, 1.82) is 0 Å². The minimum atomic E-state index is -0.490. The lowest BCUT2D eigenvalue weighted by atomic mass is 10.1. The predicted molar refractivity (Wildman–Crippen MR) is 127 cm³/mol. The number of carbonyl (C=O) groups is 2. The number of carbonyl (C=O) groups excluding carboxylic acids is 2. The molecule has 1 fully saturated rings. The summed E-state index contributed by atoms with van der Waals surface area (Å²) >= 11 is 6.47. The van der Waals surface area contributed by atoms with Gasteiger partial charge in [0.25, 0.3) is 5.91 Å². The number of nitrogens with one attached hydrogen (secondary N) is 1. The number of urea groups is 1. The molecule has 3 aromatic carbocycles. The fourth-order valence-electron chi connectivity index (χ4n) is 3.46. The summed E-state index contributed by atoms with van der Waals surface area (Å²) in [7, 11) is 0. The van der Waals surface area contributed by atoms with E-state index in [4.69, 9.17) is 21.1 Å². The summed E-state index contributed by atoms with van der Waals surface area (Å²) in [5, 5.41) is 2.89. The summed E-state index contributed by atoms with van der Waals surface area (Å²) in [6.45, 7) is 2.53.